The molecule has 1 aliphatic rings. The number of amides is 1. The van der Waals surface area contributed by atoms with Crippen LogP contribution in [-0.4, -0.2) is 18.3 Å². The number of fused-ring (bicyclic) bond motifs is 1. The number of amidine groups is 1. The monoisotopic (exact) mass is 200 g/mol. The first-order chi connectivity index (χ1) is 7.34. The lowest BCUT2D eigenvalue weighted by Crippen LogP contribution is -2.24. The highest BCUT2D eigenvalue weighted by Gasteiger charge is 2.18. The Balaban J connectivity index is 2.16. The van der Waals surface area contributed by atoms with E-state index in [1.165, 1.54) is 0 Å². The van der Waals surface area contributed by atoms with Crippen molar-refractivity contribution in [1.82, 2.24) is 5.32 Å². The van der Waals surface area contributed by atoms with E-state index in [0.29, 0.717) is 5.84 Å². The van der Waals surface area contributed by atoms with Crippen LogP contribution in [0.1, 0.15) is 5.56 Å². The fourth-order valence-electron chi connectivity index (χ4n) is 1.68. The van der Waals surface area contributed by atoms with Crippen molar-refractivity contribution in [3.63, 3.8) is 0 Å². The molecule has 4 nitrogen and oxygen atoms in total. The predicted octanol–water partition coefficient (Wildman–Crippen LogP) is 1.31. The smallest absolute Gasteiger partial charge is 0.247 e. The Morgan fingerprint density at radius 3 is 3.00 bits per heavy atom. The van der Waals surface area contributed by atoms with Crippen LogP contribution in [0.5, 0.6) is 0 Å². The number of rotatable bonds is 1. The maximum atomic E-state index is 11.0. The summed E-state index contributed by atoms with van der Waals surface area (Å²) in [5.41, 5.74) is 1.65. The van der Waals surface area contributed by atoms with Gasteiger partial charge in [0.25, 0.3) is 0 Å². The minimum Gasteiger partial charge on any atom is -0.464 e. The van der Waals surface area contributed by atoms with Crippen LogP contribution >= 0.6 is 0 Å². The molecule has 1 N–H and O–H groups in total. The van der Waals surface area contributed by atoms with Gasteiger partial charge in [-0.05, 0) is 6.07 Å². The molecule has 1 amide bonds. The number of hydrogen-bond acceptors (Lipinski definition) is 3. The Bertz CT molecular complexity index is 569. The zero-order valence-electron chi connectivity index (χ0n) is 7.86. The molecule has 1 aliphatic heterocycles. The molecule has 0 fully saturated rings. The second kappa shape index (κ2) is 2.95. The molecule has 1 aromatic carbocycles. The lowest BCUT2D eigenvalue weighted by molar-refractivity contribution is -0.117. The van der Waals surface area contributed by atoms with Crippen molar-refractivity contribution in [2.24, 2.45) is 4.99 Å². The number of benzene rings is 1. The molecule has 15 heavy (non-hydrogen) atoms. The van der Waals surface area contributed by atoms with E-state index in [1.807, 2.05) is 24.3 Å². The molecule has 2 heterocycles. The number of hydrogen-bond donors (Lipinski definition) is 1. The second-order valence-electron chi connectivity index (χ2n) is 3.36. The molecule has 0 radical (unpaired) electrons. The number of aliphatic imine (C=N–C) groups is 1. The average Bonchev–Trinajstić information content (AvgIpc) is 2.83. The molecule has 3 rings (SSSR count). The maximum Gasteiger partial charge on any atom is 0.247 e. The summed E-state index contributed by atoms with van der Waals surface area (Å²) in [7, 11) is 0. The Hall–Kier alpha value is -2.10. The number of nitrogens with zero attached hydrogens (tertiary/aromatic N) is 1. The van der Waals surface area contributed by atoms with Crippen LogP contribution < -0.4 is 5.32 Å². The lowest BCUT2D eigenvalue weighted by atomic mass is 10.1. The molecule has 0 aliphatic carbocycles. The number of furan rings is 1. The number of para-hydroxylation sites is 1. The van der Waals surface area contributed by atoms with Crippen molar-refractivity contribution in [2.45, 2.75) is 0 Å². The highest BCUT2D eigenvalue weighted by molar-refractivity contribution is 6.17. The van der Waals surface area contributed by atoms with Crippen molar-refractivity contribution in [3.8, 4) is 0 Å². The first-order valence-corrected chi connectivity index (χ1v) is 4.65. The number of carbonyl (C=O) groups is 1. The molecule has 4 heteroatoms. The van der Waals surface area contributed by atoms with Crippen molar-refractivity contribution >= 4 is 22.7 Å². The van der Waals surface area contributed by atoms with Crippen LogP contribution in [0, 0.1) is 0 Å². The van der Waals surface area contributed by atoms with Gasteiger partial charge in [-0.15, -0.1) is 0 Å². The molecule has 0 saturated carbocycles. The van der Waals surface area contributed by atoms with Gasteiger partial charge >= 0.3 is 0 Å². The van der Waals surface area contributed by atoms with Gasteiger partial charge in [-0.25, -0.2) is 0 Å². The molecule has 0 atom stereocenters. The topological polar surface area (TPSA) is 54.6 Å². The van der Waals surface area contributed by atoms with Gasteiger partial charge in [-0.2, -0.15) is 0 Å². The van der Waals surface area contributed by atoms with Crippen LogP contribution in [0.25, 0.3) is 11.0 Å². The van der Waals surface area contributed by atoms with Crippen LogP contribution in [0.3, 0.4) is 0 Å². The van der Waals surface area contributed by atoms with E-state index in [-0.39, 0.29) is 12.5 Å². The van der Waals surface area contributed by atoms with Gasteiger partial charge in [0.1, 0.15) is 24.2 Å². The van der Waals surface area contributed by atoms with Gasteiger partial charge in [0, 0.05) is 5.39 Å². The molecule has 74 valence electrons. The summed E-state index contributed by atoms with van der Waals surface area (Å²) in [6.45, 7) is 0.203. The van der Waals surface area contributed by atoms with E-state index >= 15 is 0 Å². The molecule has 0 unspecified atom stereocenters. The molecule has 2 aromatic rings. The summed E-state index contributed by atoms with van der Waals surface area (Å²) in [6.07, 6.45) is 1.62. The van der Waals surface area contributed by atoms with E-state index < -0.39 is 0 Å². The van der Waals surface area contributed by atoms with Crippen molar-refractivity contribution in [1.29, 1.82) is 0 Å². The quantitative estimate of drug-likeness (QED) is 0.754. The van der Waals surface area contributed by atoms with E-state index in [4.69, 9.17) is 4.42 Å². The molecule has 0 bridgehead atoms. The third kappa shape index (κ3) is 1.22. The zero-order chi connectivity index (χ0) is 10.3. The SMILES string of the molecule is O=C1CN=C(c2coc3ccccc23)N1. The highest BCUT2D eigenvalue weighted by atomic mass is 16.3. The van der Waals surface area contributed by atoms with Gasteiger partial charge < -0.3 is 9.73 Å². The fraction of sp³-hybridized carbons (Fsp3) is 0.0909. The standard InChI is InChI=1S/C11H8N2O2/c14-10-5-12-11(13-10)8-6-15-9-4-2-1-3-7(8)9/h1-4,6H,5H2,(H,12,13,14). The first kappa shape index (κ1) is 8.23. The first-order valence-electron chi connectivity index (χ1n) is 4.65. The molecule has 1 aromatic heterocycles. The lowest BCUT2D eigenvalue weighted by Gasteiger charge is -1.96. The van der Waals surface area contributed by atoms with Crippen LogP contribution in [0.2, 0.25) is 0 Å². The Morgan fingerprint density at radius 1 is 1.33 bits per heavy atom. The second-order valence-corrected chi connectivity index (χ2v) is 3.36. The zero-order valence-corrected chi connectivity index (χ0v) is 7.86. The minimum absolute atomic E-state index is 0.0738. The van der Waals surface area contributed by atoms with Crippen LogP contribution in [-0.2, 0) is 4.79 Å². The summed E-state index contributed by atoms with van der Waals surface area (Å²) < 4.78 is 5.36. The van der Waals surface area contributed by atoms with Gasteiger partial charge in [0.2, 0.25) is 5.91 Å². The van der Waals surface area contributed by atoms with E-state index in [1.54, 1.807) is 6.26 Å². The van der Waals surface area contributed by atoms with Crippen molar-refractivity contribution in [3.05, 3.63) is 36.1 Å². The molecular formula is C11H8N2O2. The molecular weight excluding hydrogens is 192 g/mol. The van der Waals surface area contributed by atoms with Crippen molar-refractivity contribution in [2.75, 3.05) is 6.54 Å². The van der Waals surface area contributed by atoms with Gasteiger partial charge in [0.05, 0.1) is 5.56 Å². The fourth-order valence-corrected chi connectivity index (χ4v) is 1.68. The van der Waals surface area contributed by atoms with Gasteiger partial charge in [-0.3, -0.25) is 9.79 Å². The predicted molar refractivity (Wildman–Crippen MR) is 55.8 cm³/mol. The van der Waals surface area contributed by atoms with Gasteiger partial charge in [-0.1, -0.05) is 18.2 Å². The van der Waals surface area contributed by atoms with Crippen LogP contribution in [0.15, 0.2) is 39.9 Å². The molecule has 0 spiro atoms. The van der Waals surface area contributed by atoms with E-state index in [0.717, 1.165) is 16.5 Å². The Labute approximate surface area is 85.6 Å². The Morgan fingerprint density at radius 2 is 2.20 bits per heavy atom. The average molecular weight is 200 g/mol. The largest absolute Gasteiger partial charge is 0.464 e. The summed E-state index contributed by atoms with van der Waals surface area (Å²) in [5.74, 6) is 0.528. The number of nitrogens with one attached hydrogen (secondary N) is 1. The normalized spacial score (nSPS) is 15.5. The summed E-state index contributed by atoms with van der Waals surface area (Å²) in [5, 5.41) is 3.67. The highest BCUT2D eigenvalue weighted by Crippen LogP contribution is 2.21. The summed E-state index contributed by atoms with van der Waals surface area (Å²) in [4.78, 5) is 15.1. The third-order valence-electron chi connectivity index (χ3n) is 2.37. The summed E-state index contributed by atoms with van der Waals surface area (Å²) >= 11 is 0. The summed E-state index contributed by atoms with van der Waals surface area (Å²) in [6, 6.07) is 7.67. The van der Waals surface area contributed by atoms with E-state index in [9.17, 15) is 4.79 Å². The van der Waals surface area contributed by atoms with Crippen molar-refractivity contribution < 1.29 is 9.21 Å². The van der Waals surface area contributed by atoms with Crippen LogP contribution in [0.4, 0.5) is 0 Å². The minimum atomic E-state index is -0.0738. The molecule has 0 saturated heterocycles. The maximum absolute atomic E-state index is 11.0. The van der Waals surface area contributed by atoms with Gasteiger partial charge in [0.15, 0.2) is 0 Å². The Kier molecular flexibility index (Phi) is 1.62. The third-order valence-corrected chi connectivity index (χ3v) is 2.37. The van der Waals surface area contributed by atoms with E-state index in [2.05, 4.69) is 10.3 Å². The number of carbonyl (C=O) groups excluding carboxylic acids is 1.